The van der Waals surface area contributed by atoms with Gasteiger partial charge < -0.3 is 25.4 Å². The lowest BCUT2D eigenvalue weighted by Gasteiger charge is -2.20. The fourth-order valence-electron chi connectivity index (χ4n) is 2.58. The molecule has 1 saturated heterocycles. The summed E-state index contributed by atoms with van der Waals surface area (Å²) in [6.07, 6.45) is 1.57. The van der Waals surface area contributed by atoms with Crippen LogP contribution in [0.2, 0.25) is 0 Å². The van der Waals surface area contributed by atoms with Crippen LogP contribution in [0.1, 0.15) is 12.0 Å². The lowest BCUT2D eigenvalue weighted by Crippen LogP contribution is -2.39. The summed E-state index contributed by atoms with van der Waals surface area (Å²) in [5, 5.41) is 8.46. The van der Waals surface area contributed by atoms with Gasteiger partial charge in [0, 0.05) is 19.1 Å². The van der Waals surface area contributed by atoms with Crippen molar-refractivity contribution < 1.29 is 19.1 Å². The Kier molecular flexibility index (Phi) is 6.68. The van der Waals surface area contributed by atoms with Gasteiger partial charge in [-0.25, -0.2) is 4.79 Å². The van der Waals surface area contributed by atoms with Gasteiger partial charge in [0.25, 0.3) is 0 Å². The van der Waals surface area contributed by atoms with E-state index in [9.17, 15) is 9.59 Å². The highest BCUT2D eigenvalue weighted by Gasteiger charge is 2.30. The van der Waals surface area contributed by atoms with Crippen LogP contribution in [-0.4, -0.2) is 51.4 Å². The highest BCUT2D eigenvalue weighted by Crippen LogP contribution is 2.18. The summed E-state index contributed by atoms with van der Waals surface area (Å²) < 4.78 is 10.6. The molecule has 0 spiro atoms. The molecule has 7 heteroatoms. The van der Waals surface area contributed by atoms with Crippen molar-refractivity contribution in [3.63, 3.8) is 0 Å². The molecule has 2 rings (SSSR count). The standard InChI is InChI=1S/C16H23N3O4/c1-22-13-4-2-12(3-5-13)10-14-15(6-7-18-14)23-16(21)19-9-8-17-11-20/h2-5,11,14-15,18H,6-10H2,1H3,(H,17,20)(H,19,21). The number of alkyl carbamates (subject to hydrolysis) is 1. The number of benzene rings is 1. The van der Waals surface area contributed by atoms with E-state index in [0.29, 0.717) is 19.5 Å². The Morgan fingerprint density at radius 2 is 2.13 bits per heavy atom. The zero-order valence-corrected chi connectivity index (χ0v) is 13.2. The molecule has 0 radical (unpaired) electrons. The van der Waals surface area contributed by atoms with Crippen LogP contribution in [0.25, 0.3) is 0 Å². The molecule has 0 saturated carbocycles. The first-order chi connectivity index (χ1) is 11.2. The van der Waals surface area contributed by atoms with E-state index in [0.717, 1.165) is 30.7 Å². The maximum atomic E-state index is 11.7. The molecular formula is C16H23N3O4. The minimum absolute atomic E-state index is 0.0993. The van der Waals surface area contributed by atoms with Crippen LogP contribution in [-0.2, 0) is 16.0 Å². The summed E-state index contributed by atoms with van der Waals surface area (Å²) in [6.45, 7) is 1.56. The zero-order valence-electron chi connectivity index (χ0n) is 13.2. The lowest BCUT2D eigenvalue weighted by molar-refractivity contribution is -0.109. The quantitative estimate of drug-likeness (QED) is 0.478. The second-order valence-corrected chi connectivity index (χ2v) is 5.34. The first-order valence-electron chi connectivity index (χ1n) is 7.70. The summed E-state index contributed by atoms with van der Waals surface area (Å²) in [5.74, 6) is 0.823. The van der Waals surface area contributed by atoms with Crippen molar-refractivity contribution in [3.8, 4) is 5.75 Å². The molecule has 1 aromatic carbocycles. The maximum absolute atomic E-state index is 11.7. The molecule has 2 unspecified atom stereocenters. The van der Waals surface area contributed by atoms with Crippen molar-refractivity contribution in [3.05, 3.63) is 29.8 Å². The van der Waals surface area contributed by atoms with E-state index in [1.165, 1.54) is 0 Å². The normalized spacial score (nSPS) is 19.9. The van der Waals surface area contributed by atoms with Gasteiger partial charge in [-0.3, -0.25) is 4.79 Å². The highest BCUT2D eigenvalue weighted by atomic mass is 16.6. The second kappa shape index (κ2) is 8.99. The van der Waals surface area contributed by atoms with E-state index in [-0.39, 0.29) is 12.1 Å². The first-order valence-corrected chi connectivity index (χ1v) is 7.70. The van der Waals surface area contributed by atoms with E-state index in [1.54, 1.807) is 7.11 Å². The molecule has 126 valence electrons. The van der Waals surface area contributed by atoms with Crippen molar-refractivity contribution in [2.24, 2.45) is 0 Å². The third kappa shape index (κ3) is 5.45. The van der Waals surface area contributed by atoms with E-state index in [4.69, 9.17) is 9.47 Å². The minimum atomic E-state index is -0.453. The molecule has 1 aromatic rings. The molecule has 7 nitrogen and oxygen atoms in total. The molecule has 2 amide bonds. The largest absolute Gasteiger partial charge is 0.497 e. The molecule has 1 aliphatic rings. The zero-order chi connectivity index (χ0) is 16.5. The summed E-state index contributed by atoms with van der Waals surface area (Å²) in [5.41, 5.74) is 1.16. The van der Waals surface area contributed by atoms with Crippen LogP contribution in [0, 0.1) is 0 Å². The summed E-state index contributed by atoms with van der Waals surface area (Å²) in [7, 11) is 1.64. The van der Waals surface area contributed by atoms with Gasteiger partial charge in [-0.1, -0.05) is 12.1 Å². The Bertz CT molecular complexity index is 507. The SMILES string of the molecule is COc1ccc(CC2NCCC2OC(=O)NCCNC=O)cc1. The fourth-order valence-corrected chi connectivity index (χ4v) is 2.58. The van der Waals surface area contributed by atoms with Crippen molar-refractivity contribution >= 4 is 12.5 Å². The van der Waals surface area contributed by atoms with Crippen molar-refractivity contribution in [1.29, 1.82) is 0 Å². The topological polar surface area (TPSA) is 88.7 Å². The fraction of sp³-hybridized carbons (Fsp3) is 0.500. The summed E-state index contributed by atoms with van der Waals surface area (Å²) in [4.78, 5) is 21.9. The predicted molar refractivity (Wildman–Crippen MR) is 85.4 cm³/mol. The molecule has 0 bridgehead atoms. The van der Waals surface area contributed by atoms with Gasteiger partial charge in [0.2, 0.25) is 6.41 Å². The Morgan fingerprint density at radius 3 is 2.83 bits per heavy atom. The molecule has 1 aliphatic heterocycles. The van der Waals surface area contributed by atoms with E-state index in [2.05, 4.69) is 16.0 Å². The number of carbonyl (C=O) groups is 2. The Hall–Kier alpha value is -2.28. The second-order valence-electron chi connectivity index (χ2n) is 5.34. The maximum Gasteiger partial charge on any atom is 0.407 e. The van der Waals surface area contributed by atoms with Gasteiger partial charge in [0.1, 0.15) is 11.9 Å². The van der Waals surface area contributed by atoms with E-state index < -0.39 is 6.09 Å². The van der Waals surface area contributed by atoms with Crippen molar-refractivity contribution in [2.45, 2.75) is 25.0 Å². The monoisotopic (exact) mass is 321 g/mol. The molecule has 3 N–H and O–H groups in total. The molecule has 23 heavy (non-hydrogen) atoms. The molecule has 0 aliphatic carbocycles. The average molecular weight is 321 g/mol. The van der Waals surface area contributed by atoms with Gasteiger partial charge >= 0.3 is 6.09 Å². The molecule has 0 aromatic heterocycles. The van der Waals surface area contributed by atoms with E-state index >= 15 is 0 Å². The number of rotatable bonds is 8. The van der Waals surface area contributed by atoms with Crippen LogP contribution in [0.15, 0.2) is 24.3 Å². The number of hydrogen-bond donors (Lipinski definition) is 3. The number of ether oxygens (including phenoxy) is 2. The van der Waals surface area contributed by atoms with Crippen molar-refractivity contribution in [2.75, 3.05) is 26.7 Å². The van der Waals surface area contributed by atoms with E-state index in [1.807, 2.05) is 24.3 Å². The van der Waals surface area contributed by atoms with Gasteiger partial charge in [0.05, 0.1) is 7.11 Å². The Labute approximate surface area is 135 Å². The molecule has 2 atom stereocenters. The van der Waals surface area contributed by atoms with Crippen LogP contribution in [0.3, 0.4) is 0 Å². The molecule has 1 fully saturated rings. The highest BCUT2D eigenvalue weighted by molar-refractivity contribution is 5.67. The number of hydrogen-bond acceptors (Lipinski definition) is 5. The lowest BCUT2D eigenvalue weighted by atomic mass is 10.0. The molecule has 1 heterocycles. The summed E-state index contributed by atoms with van der Waals surface area (Å²) >= 11 is 0. The smallest absolute Gasteiger partial charge is 0.407 e. The van der Waals surface area contributed by atoms with Gasteiger partial charge in [-0.15, -0.1) is 0 Å². The summed E-state index contributed by atoms with van der Waals surface area (Å²) in [6, 6.07) is 7.98. The number of amides is 2. The number of nitrogens with one attached hydrogen (secondary N) is 3. The predicted octanol–water partition coefficient (Wildman–Crippen LogP) is 0.440. The van der Waals surface area contributed by atoms with Crippen LogP contribution < -0.4 is 20.7 Å². The first kappa shape index (κ1) is 17.1. The van der Waals surface area contributed by atoms with Crippen LogP contribution >= 0.6 is 0 Å². The minimum Gasteiger partial charge on any atom is -0.497 e. The average Bonchev–Trinajstić information content (AvgIpc) is 2.99. The van der Waals surface area contributed by atoms with Crippen LogP contribution in [0.5, 0.6) is 5.75 Å². The third-order valence-electron chi connectivity index (χ3n) is 3.78. The number of carbonyl (C=O) groups excluding carboxylic acids is 2. The van der Waals surface area contributed by atoms with Gasteiger partial charge in [-0.2, -0.15) is 0 Å². The Balaban J connectivity index is 1.79. The van der Waals surface area contributed by atoms with Crippen molar-refractivity contribution in [1.82, 2.24) is 16.0 Å². The number of methoxy groups -OCH3 is 1. The van der Waals surface area contributed by atoms with Gasteiger partial charge in [-0.05, 0) is 37.1 Å². The third-order valence-corrected chi connectivity index (χ3v) is 3.78. The van der Waals surface area contributed by atoms with Gasteiger partial charge in [0.15, 0.2) is 0 Å². The van der Waals surface area contributed by atoms with Crippen LogP contribution in [0.4, 0.5) is 4.79 Å². The Morgan fingerprint density at radius 1 is 1.35 bits per heavy atom. The molecular weight excluding hydrogens is 298 g/mol.